The number of para-hydroxylation sites is 1. The largest absolute Gasteiger partial charge is 0.286 e. The molecule has 0 saturated carbocycles. The van der Waals surface area contributed by atoms with Gasteiger partial charge in [0.25, 0.3) is 0 Å². The minimum Gasteiger partial charge on any atom is -0.286 e. The third-order valence-corrected chi connectivity index (χ3v) is 5.02. The predicted octanol–water partition coefficient (Wildman–Crippen LogP) is 4.82. The van der Waals surface area contributed by atoms with Gasteiger partial charge in [-0.1, -0.05) is 55.5 Å². The highest BCUT2D eigenvalue weighted by atomic mass is 16.5. The lowest BCUT2D eigenvalue weighted by Crippen LogP contribution is -2.37. The molecule has 1 N–H and O–H groups in total. The van der Waals surface area contributed by atoms with Crippen molar-refractivity contribution in [1.29, 1.82) is 0 Å². The van der Waals surface area contributed by atoms with E-state index in [2.05, 4.69) is 11.1 Å². The van der Waals surface area contributed by atoms with E-state index in [1.165, 1.54) is 5.06 Å². The van der Waals surface area contributed by atoms with Crippen molar-refractivity contribution in [2.24, 2.45) is 9.98 Å². The van der Waals surface area contributed by atoms with Gasteiger partial charge in [-0.25, -0.2) is 5.06 Å². The maximum Gasteiger partial charge on any atom is 0.153 e. The van der Waals surface area contributed by atoms with E-state index in [4.69, 9.17) is 4.99 Å². The molecule has 1 unspecified atom stereocenters. The molecular weight excluding hydrogens is 310 g/mol. The molecule has 25 heavy (non-hydrogen) atoms. The van der Waals surface area contributed by atoms with Crippen molar-refractivity contribution in [2.75, 3.05) is 0 Å². The molecule has 0 amide bonds. The highest BCUT2D eigenvalue weighted by Crippen LogP contribution is 2.42. The van der Waals surface area contributed by atoms with Crippen LogP contribution in [0.2, 0.25) is 0 Å². The number of hydrogen-bond acceptors (Lipinski definition) is 4. The molecule has 0 aliphatic carbocycles. The maximum absolute atomic E-state index is 11.0. The number of fused-ring (bicyclic) bond motifs is 1. The molecule has 0 spiro atoms. The first-order valence-electron chi connectivity index (χ1n) is 8.59. The van der Waals surface area contributed by atoms with Crippen LogP contribution in [-0.4, -0.2) is 27.4 Å². The summed E-state index contributed by atoms with van der Waals surface area (Å²) >= 11 is 0. The van der Waals surface area contributed by atoms with Crippen molar-refractivity contribution in [1.82, 2.24) is 5.06 Å². The van der Waals surface area contributed by atoms with Gasteiger partial charge in [0.05, 0.1) is 11.4 Å². The first kappa shape index (κ1) is 15.8. The van der Waals surface area contributed by atoms with Gasteiger partial charge in [0.2, 0.25) is 0 Å². The number of hydrogen-bond donors (Lipinski definition) is 1. The summed E-state index contributed by atoms with van der Waals surface area (Å²) in [7, 11) is 0. The number of allylic oxidation sites excluding steroid dienone is 2. The lowest BCUT2D eigenvalue weighted by molar-refractivity contribution is -0.120. The smallest absolute Gasteiger partial charge is 0.153 e. The average molecular weight is 331 g/mol. The molecule has 4 heteroatoms. The molecule has 4 nitrogen and oxygen atoms in total. The molecule has 2 heterocycles. The average Bonchev–Trinajstić information content (AvgIpc) is 3.10. The quantitative estimate of drug-likeness (QED) is 0.857. The molecule has 0 fully saturated rings. The first-order chi connectivity index (χ1) is 12.0. The molecule has 126 valence electrons. The van der Waals surface area contributed by atoms with Crippen LogP contribution in [0.15, 0.2) is 70.3 Å². The van der Waals surface area contributed by atoms with E-state index in [0.717, 1.165) is 39.5 Å². The standard InChI is InChI=1S/C21H21N3O/c1-4-21(3)23-19(15-10-6-5-7-11-15)20(24(21)25)18-14(2)22-17-13-9-8-12-16(17)18/h5-13,25H,4H2,1-3H3/b20-18+. The summed E-state index contributed by atoms with van der Waals surface area (Å²) in [5, 5.41) is 12.4. The van der Waals surface area contributed by atoms with Crippen molar-refractivity contribution in [3.05, 3.63) is 71.4 Å². The Morgan fingerprint density at radius 2 is 1.72 bits per heavy atom. The van der Waals surface area contributed by atoms with Crippen LogP contribution in [0.3, 0.4) is 0 Å². The SMILES string of the molecule is CCC1(C)N=C(c2ccccc2)/C(=C2/C(C)=Nc3ccccc32)N1O. The van der Waals surface area contributed by atoms with Gasteiger partial charge in [0, 0.05) is 22.4 Å². The molecule has 4 rings (SSSR count). The van der Waals surface area contributed by atoms with Crippen LogP contribution >= 0.6 is 0 Å². The molecule has 0 aromatic heterocycles. The molecule has 0 saturated heterocycles. The topological polar surface area (TPSA) is 48.2 Å². The van der Waals surface area contributed by atoms with Gasteiger partial charge in [0.1, 0.15) is 5.70 Å². The van der Waals surface area contributed by atoms with Crippen molar-refractivity contribution < 1.29 is 5.21 Å². The molecule has 0 bridgehead atoms. The molecule has 2 aromatic rings. The number of rotatable bonds is 2. The van der Waals surface area contributed by atoms with E-state index in [0.29, 0.717) is 6.42 Å². The van der Waals surface area contributed by atoms with Crippen LogP contribution in [0.5, 0.6) is 0 Å². The van der Waals surface area contributed by atoms with Crippen molar-refractivity contribution in [3.8, 4) is 0 Å². The van der Waals surface area contributed by atoms with Crippen LogP contribution < -0.4 is 0 Å². The van der Waals surface area contributed by atoms with Crippen molar-refractivity contribution in [3.63, 3.8) is 0 Å². The van der Waals surface area contributed by atoms with Gasteiger partial charge < -0.3 is 0 Å². The molecule has 1 atom stereocenters. The number of aliphatic imine (C=N–C) groups is 2. The Balaban J connectivity index is 2.00. The summed E-state index contributed by atoms with van der Waals surface area (Å²) in [5.74, 6) is 0. The number of nitrogens with zero attached hydrogens (tertiary/aromatic N) is 3. The fourth-order valence-electron chi connectivity index (χ4n) is 3.45. The lowest BCUT2D eigenvalue weighted by atomic mass is 9.96. The fraction of sp³-hybridized carbons (Fsp3) is 0.238. The van der Waals surface area contributed by atoms with Crippen LogP contribution in [0.4, 0.5) is 5.69 Å². The second kappa shape index (κ2) is 5.67. The minimum atomic E-state index is -0.675. The summed E-state index contributed by atoms with van der Waals surface area (Å²) < 4.78 is 0. The lowest BCUT2D eigenvalue weighted by Gasteiger charge is -2.29. The highest BCUT2D eigenvalue weighted by Gasteiger charge is 2.42. The highest BCUT2D eigenvalue weighted by molar-refractivity contribution is 6.35. The predicted molar refractivity (Wildman–Crippen MR) is 101 cm³/mol. The fourth-order valence-corrected chi connectivity index (χ4v) is 3.45. The van der Waals surface area contributed by atoms with Crippen molar-refractivity contribution in [2.45, 2.75) is 32.9 Å². The zero-order valence-corrected chi connectivity index (χ0v) is 14.7. The van der Waals surface area contributed by atoms with Gasteiger partial charge in [0.15, 0.2) is 5.66 Å². The Labute approximate surface area is 147 Å². The second-order valence-corrected chi connectivity index (χ2v) is 6.65. The zero-order valence-electron chi connectivity index (χ0n) is 14.7. The van der Waals surface area contributed by atoms with Crippen LogP contribution in [0, 0.1) is 0 Å². The zero-order chi connectivity index (χ0) is 17.6. The molecule has 2 aliphatic rings. The van der Waals surface area contributed by atoms with E-state index in [1.54, 1.807) is 0 Å². The molecule has 2 aliphatic heterocycles. The summed E-state index contributed by atoms with van der Waals surface area (Å²) in [6.45, 7) is 5.98. The van der Waals surface area contributed by atoms with E-state index in [9.17, 15) is 5.21 Å². The van der Waals surface area contributed by atoms with Gasteiger partial charge in [-0.3, -0.25) is 15.2 Å². The van der Waals surface area contributed by atoms with Crippen LogP contribution in [-0.2, 0) is 0 Å². The van der Waals surface area contributed by atoms with Crippen molar-refractivity contribution >= 4 is 22.7 Å². The van der Waals surface area contributed by atoms with E-state index in [-0.39, 0.29) is 0 Å². The van der Waals surface area contributed by atoms with E-state index in [1.807, 2.05) is 69.3 Å². The number of benzene rings is 2. The van der Waals surface area contributed by atoms with Gasteiger partial charge in [-0.15, -0.1) is 0 Å². The monoisotopic (exact) mass is 331 g/mol. The van der Waals surface area contributed by atoms with E-state index < -0.39 is 5.66 Å². The third kappa shape index (κ3) is 2.33. The van der Waals surface area contributed by atoms with Gasteiger partial charge in [-0.2, -0.15) is 0 Å². The Bertz CT molecular complexity index is 927. The Hall–Kier alpha value is -2.72. The first-order valence-corrected chi connectivity index (χ1v) is 8.59. The third-order valence-electron chi connectivity index (χ3n) is 5.02. The minimum absolute atomic E-state index is 0.675. The van der Waals surface area contributed by atoms with E-state index >= 15 is 0 Å². The molecule has 2 aromatic carbocycles. The Morgan fingerprint density at radius 3 is 2.44 bits per heavy atom. The molecule has 0 radical (unpaired) electrons. The Morgan fingerprint density at radius 1 is 1.04 bits per heavy atom. The Kier molecular flexibility index (Phi) is 3.58. The normalized spacial score (nSPS) is 25.0. The molecular formula is C21H21N3O. The summed E-state index contributed by atoms with van der Waals surface area (Å²) in [6.07, 6.45) is 0.703. The number of hydroxylamine groups is 2. The summed E-state index contributed by atoms with van der Waals surface area (Å²) in [4.78, 5) is 9.58. The summed E-state index contributed by atoms with van der Waals surface area (Å²) in [6, 6.07) is 18.1. The van der Waals surface area contributed by atoms with Gasteiger partial charge in [-0.05, 0) is 26.3 Å². The summed E-state index contributed by atoms with van der Waals surface area (Å²) in [5.41, 5.74) is 5.71. The van der Waals surface area contributed by atoms with Gasteiger partial charge >= 0.3 is 0 Å². The second-order valence-electron chi connectivity index (χ2n) is 6.65. The van der Waals surface area contributed by atoms with Crippen LogP contribution in [0.25, 0.3) is 5.57 Å². The van der Waals surface area contributed by atoms with Crippen LogP contribution in [0.1, 0.15) is 38.3 Å². The maximum atomic E-state index is 11.0.